The van der Waals surface area contributed by atoms with E-state index >= 15 is 0 Å². The Kier molecular flexibility index (Phi) is 2.15. The fraction of sp³-hybridized carbons (Fsp3) is 1.00. The first-order valence-electron chi connectivity index (χ1n) is 3.10. The molecule has 48 valence electrons. The van der Waals surface area contributed by atoms with Gasteiger partial charge in [-0.1, -0.05) is 6.92 Å². The Balaban J connectivity index is 2.30. The van der Waals surface area contributed by atoms with Crippen LogP contribution in [0.1, 0.15) is 19.8 Å². The predicted octanol–water partition coefficient (Wildman–Crippen LogP) is 1.79. The van der Waals surface area contributed by atoms with Crippen LogP contribution in [-0.2, 0) is 4.74 Å². The van der Waals surface area contributed by atoms with E-state index < -0.39 is 0 Å². The molecule has 1 nitrogen and oxygen atoms in total. The number of hydrogen-bond acceptors (Lipinski definition) is 1. The summed E-state index contributed by atoms with van der Waals surface area (Å²) in [7, 11) is 0. The molecule has 1 fully saturated rings. The van der Waals surface area contributed by atoms with Gasteiger partial charge in [-0.2, -0.15) is 0 Å². The van der Waals surface area contributed by atoms with E-state index in [-0.39, 0.29) is 5.38 Å². The molecule has 0 saturated carbocycles. The Morgan fingerprint density at radius 3 is 2.75 bits per heavy atom. The molecule has 0 radical (unpaired) electrons. The van der Waals surface area contributed by atoms with Crippen LogP contribution in [0.5, 0.6) is 0 Å². The maximum atomic E-state index is 5.85. The van der Waals surface area contributed by atoms with Crippen molar-refractivity contribution in [2.24, 2.45) is 0 Å². The summed E-state index contributed by atoms with van der Waals surface area (Å²) in [6, 6.07) is 0. The van der Waals surface area contributed by atoms with Gasteiger partial charge in [0.1, 0.15) is 0 Å². The maximum absolute atomic E-state index is 5.85. The monoisotopic (exact) mass is 134 g/mol. The van der Waals surface area contributed by atoms with E-state index in [4.69, 9.17) is 16.3 Å². The van der Waals surface area contributed by atoms with Crippen molar-refractivity contribution in [2.75, 3.05) is 6.61 Å². The highest BCUT2D eigenvalue weighted by atomic mass is 35.5. The third-order valence-electron chi connectivity index (χ3n) is 1.53. The van der Waals surface area contributed by atoms with Crippen LogP contribution in [0.4, 0.5) is 0 Å². The van der Waals surface area contributed by atoms with Crippen molar-refractivity contribution in [2.45, 2.75) is 31.2 Å². The maximum Gasteiger partial charge on any atom is 0.0736 e. The SMILES string of the molecule is CC[C@@H]1OCC[C@@H]1Cl. The third kappa shape index (κ3) is 1.15. The lowest BCUT2D eigenvalue weighted by atomic mass is 10.2. The van der Waals surface area contributed by atoms with E-state index in [0.717, 1.165) is 19.4 Å². The van der Waals surface area contributed by atoms with Crippen molar-refractivity contribution in [3.63, 3.8) is 0 Å². The molecule has 2 heteroatoms. The zero-order valence-electron chi connectivity index (χ0n) is 5.06. The van der Waals surface area contributed by atoms with Crippen LogP contribution >= 0.6 is 11.6 Å². The summed E-state index contributed by atoms with van der Waals surface area (Å²) in [6.07, 6.45) is 2.41. The van der Waals surface area contributed by atoms with Crippen LogP contribution in [0.2, 0.25) is 0 Å². The van der Waals surface area contributed by atoms with Gasteiger partial charge in [0.15, 0.2) is 0 Å². The van der Waals surface area contributed by atoms with Gasteiger partial charge in [0, 0.05) is 6.61 Å². The first-order chi connectivity index (χ1) is 3.84. The zero-order chi connectivity index (χ0) is 5.98. The van der Waals surface area contributed by atoms with Gasteiger partial charge in [-0.15, -0.1) is 11.6 Å². The Labute approximate surface area is 55.0 Å². The number of alkyl halides is 1. The van der Waals surface area contributed by atoms with Crippen LogP contribution < -0.4 is 0 Å². The summed E-state index contributed by atoms with van der Waals surface area (Å²) >= 11 is 5.85. The molecule has 2 atom stereocenters. The quantitative estimate of drug-likeness (QED) is 0.497. The van der Waals surface area contributed by atoms with Gasteiger partial charge in [-0.25, -0.2) is 0 Å². The second kappa shape index (κ2) is 2.70. The lowest BCUT2D eigenvalue weighted by molar-refractivity contribution is 0.109. The van der Waals surface area contributed by atoms with Gasteiger partial charge >= 0.3 is 0 Å². The summed E-state index contributed by atoms with van der Waals surface area (Å²) in [4.78, 5) is 0. The molecule has 0 N–H and O–H groups in total. The summed E-state index contributed by atoms with van der Waals surface area (Å²) < 4.78 is 5.28. The highest BCUT2D eigenvalue weighted by Gasteiger charge is 2.23. The predicted molar refractivity (Wildman–Crippen MR) is 34.3 cm³/mol. The fourth-order valence-corrected chi connectivity index (χ4v) is 1.34. The molecule has 1 aliphatic rings. The highest BCUT2D eigenvalue weighted by molar-refractivity contribution is 6.21. The van der Waals surface area contributed by atoms with Crippen molar-refractivity contribution in [3.05, 3.63) is 0 Å². The van der Waals surface area contributed by atoms with Crippen LogP contribution in [0, 0.1) is 0 Å². The summed E-state index contributed by atoms with van der Waals surface area (Å²) in [5.41, 5.74) is 0. The lowest BCUT2D eigenvalue weighted by Gasteiger charge is -2.07. The first kappa shape index (κ1) is 6.37. The number of hydrogen-bond donors (Lipinski definition) is 0. The first-order valence-corrected chi connectivity index (χ1v) is 3.54. The Morgan fingerprint density at radius 1 is 1.75 bits per heavy atom. The molecule has 0 aliphatic carbocycles. The van der Waals surface area contributed by atoms with Gasteiger partial charge in [-0.3, -0.25) is 0 Å². The second-order valence-electron chi connectivity index (χ2n) is 2.12. The molecule has 0 spiro atoms. The van der Waals surface area contributed by atoms with Crippen molar-refractivity contribution >= 4 is 11.6 Å². The summed E-state index contributed by atoms with van der Waals surface area (Å²) in [6.45, 7) is 2.96. The van der Waals surface area contributed by atoms with E-state index in [0.29, 0.717) is 6.10 Å². The van der Waals surface area contributed by atoms with Gasteiger partial charge in [-0.05, 0) is 12.8 Å². The molecule has 0 aromatic rings. The Hall–Kier alpha value is 0.250. The molecule has 0 aromatic carbocycles. The van der Waals surface area contributed by atoms with Crippen molar-refractivity contribution in [3.8, 4) is 0 Å². The molecule has 1 aliphatic heterocycles. The van der Waals surface area contributed by atoms with Crippen LogP contribution in [0.15, 0.2) is 0 Å². The number of ether oxygens (including phenoxy) is 1. The average molecular weight is 135 g/mol. The average Bonchev–Trinajstić information content (AvgIpc) is 2.14. The van der Waals surface area contributed by atoms with Crippen molar-refractivity contribution < 1.29 is 4.74 Å². The zero-order valence-corrected chi connectivity index (χ0v) is 5.82. The third-order valence-corrected chi connectivity index (χ3v) is 2.03. The molecule has 0 bridgehead atoms. The molecule has 1 rings (SSSR count). The van der Waals surface area contributed by atoms with Gasteiger partial charge in [0.25, 0.3) is 0 Å². The van der Waals surface area contributed by atoms with Crippen LogP contribution in [-0.4, -0.2) is 18.1 Å². The van der Waals surface area contributed by atoms with Crippen molar-refractivity contribution in [1.82, 2.24) is 0 Å². The molecule has 0 unspecified atom stereocenters. The number of rotatable bonds is 1. The van der Waals surface area contributed by atoms with Crippen molar-refractivity contribution in [1.29, 1.82) is 0 Å². The molecular formula is C6H11ClO. The smallest absolute Gasteiger partial charge is 0.0736 e. The molecule has 1 saturated heterocycles. The molecule has 1 heterocycles. The summed E-state index contributed by atoms with van der Waals surface area (Å²) in [5.74, 6) is 0. The minimum Gasteiger partial charge on any atom is -0.377 e. The Bertz CT molecular complexity index is 74.9. The van der Waals surface area contributed by atoms with Gasteiger partial charge in [0.05, 0.1) is 11.5 Å². The Morgan fingerprint density at radius 2 is 2.50 bits per heavy atom. The van der Waals surface area contributed by atoms with E-state index in [9.17, 15) is 0 Å². The normalized spacial score (nSPS) is 38.2. The van der Waals surface area contributed by atoms with E-state index in [2.05, 4.69) is 6.92 Å². The fourth-order valence-electron chi connectivity index (χ4n) is 0.996. The van der Waals surface area contributed by atoms with E-state index in [1.165, 1.54) is 0 Å². The second-order valence-corrected chi connectivity index (χ2v) is 2.68. The van der Waals surface area contributed by atoms with Gasteiger partial charge in [0.2, 0.25) is 0 Å². The highest BCUT2D eigenvalue weighted by Crippen LogP contribution is 2.20. The standard InChI is InChI=1S/C6H11ClO/c1-2-6-5(7)3-4-8-6/h5-6H,2-4H2,1H3/t5-,6-/m0/s1. The topological polar surface area (TPSA) is 9.23 Å². The van der Waals surface area contributed by atoms with E-state index in [1.54, 1.807) is 0 Å². The van der Waals surface area contributed by atoms with Crippen LogP contribution in [0.25, 0.3) is 0 Å². The molecule has 0 aromatic heterocycles. The van der Waals surface area contributed by atoms with E-state index in [1.807, 2.05) is 0 Å². The molecule has 0 amide bonds. The minimum absolute atomic E-state index is 0.278. The van der Waals surface area contributed by atoms with Crippen LogP contribution in [0.3, 0.4) is 0 Å². The summed E-state index contributed by atoms with van der Waals surface area (Å²) in [5, 5.41) is 0.278. The lowest BCUT2D eigenvalue weighted by Crippen LogP contribution is -2.13. The number of halogens is 1. The molecular weight excluding hydrogens is 124 g/mol. The largest absolute Gasteiger partial charge is 0.377 e. The molecule has 8 heavy (non-hydrogen) atoms. The van der Waals surface area contributed by atoms with Gasteiger partial charge < -0.3 is 4.74 Å². The minimum atomic E-state index is 0.278.